The van der Waals surface area contributed by atoms with Crippen LogP contribution in [0, 0.1) is 0 Å². The van der Waals surface area contributed by atoms with Crippen molar-refractivity contribution in [3.05, 3.63) is 132 Å². The molecule has 186 valence electrons. The van der Waals surface area contributed by atoms with Gasteiger partial charge in [0.1, 0.15) is 0 Å². The first kappa shape index (κ1) is 23.4. The number of benzene rings is 4. The first-order valence-corrected chi connectivity index (χ1v) is 13.3. The van der Waals surface area contributed by atoms with E-state index in [9.17, 15) is 0 Å². The fourth-order valence-corrected chi connectivity index (χ4v) is 6.21. The monoisotopic (exact) mass is 495 g/mol. The lowest BCUT2D eigenvalue weighted by Crippen LogP contribution is -2.41. The second-order valence-corrected chi connectivity index (χ2v) is 11.5. The van der Waals surface area contributed by atoms with Crippen molar-refractivity contribution < 1.29 is 9.31 Å². The molecule has 1 aromatic heterocycles. The van der Waals surface area contributed by atoms with Crippen LogP contribution in [-0.4, -0.2) is 23.3 Å². The van der Waals surface area contributed by atoms with Crippen molar-refractivity contribution in [2.45, 2.75) is 44.3 Å². The summed E-state index contributed by atoms with van der Waals surface area (Å²) in [6.07, 6.45) is 3.86. The van der Waals surface area contributed by atoms with Crippen LogP contribution in [0.1, 0.15) is 49.9 Å². The summed E-state index contributed by atoms with van der Waals surface area (Å²) in [6.45, 7) is 8.41. The van der Waals surface area contributed by atoms with Gasteiger partial charge in [0.15, 0.2) is 0 Å². The molecule has 38 heavy (non-hydrogen) atoms. The first-order chi connectivity index (χ1) is 18.3. The smallest absolute Gasteiger partial charge is 0.399 e. The van der Waals surface area contributed by atoms with Gasteiger partial charge in [0, 0.05) is 12.4 Å². The van der Waals surface area contributed by atoms with Crippen molar-refractivity contribution in [2.24, 2.45) is 0 Å². The minimum absolute atomic E-state index is 0.406. The topological polar surface area (TPSA) is 31.4 Å². The highest BCUT2D eigenvalue weighted by Gasteiger charge is 2.53. The number of aromatic nitrogens is 1. The van der Waals surface area contributed by atoms with Gasteiger partial charge in [-0.1, -0.05) is 78.9 Å². The molecule has 0 N–H and O–H groups in total. The molecular formula is C34H30BNO2. The van der Waals surface area contributed by atoms with E-state index in [2.05, 4.69) is 124 Å². The minimum atomic E-state index is -0.524. The fourth-order valence-electron chi connectivity index (χ4n) is 6.21. The normalized spacial score (nSPS) is 20.9. The van der Waals surface area contributed by atoms with Gasteiger partial charge in [0.05, 0.1) is 16.6 Å². The maximum Gasteiger partial charge on any atom is 0.494 e. The largest absolute Gasteiger partial charge is 0.494 e. The lowest BCUT2D eigenvalue weighted by molar-refractivity contribution is 0.00578. The summed E-state index contributed by atoms with van der Waals surface area (Å²) in [5.41, 5.74) is 7.06. The second kappa shape index (κ2) is 8.13. The Hall–Kier alpha value is -3.73. The van der Waals surface area contributed by atoms with Crippen LogP contribution in [0.15, 0.2) is 109 Å². The SMILES string of the molecule is CC1(C)OB(c2ccc3c(c2)C(c2ccccc2)(c2cccnc2)c2cc4ccccc4cc2-3)OC1(C)C. The Balaban J connectivity index is 1.56. The standard InChI is InChI=1S/C34H30BNO2/c1-32(2)33(3,4)38-35(37-32)27-16-17-28-29-19-23-11-8-9-12-24(23)20-30(29)34(31(28)21-27,25-13-6-5-7-14-25)26-15-10-18-36-22-26/h5-22H,1-4H3. The van der Waals surface area contributed by atoms with Gasteiger partial charge in [-0.2, -0.15) is 0 Å². The Morgan fingerprint density at radius 1 is 0.605 bits per heavy atom. The van der Waals surface area contributed by atoms with Crippen LogP contribution in [0.2, 0.25) is 0 Å². The molecule has 5 aromatic rings. The Bertz CT molecular complexity index is 1620. The lowest BCUT2D eigenvalue weighted by atomic mass is 9.66. The third-order valence-corrected chi connectivity index (χ3v) is 8.85. The van der Waals surface area contributed by atoms with E-state index in [1.54, 1.807) is 0 Å². The molecule has 0 bridgehead atoms. The molecule has 1 atom stereocenters. The molecular weight excluding hydrogens is 465 g/mol. The number of nitrogens with zero attached hydrogens (tertiary/aromatic N) is 1. The van der Waals surface area contributed by atoms with E-state index in [0.29, 0.717) is 0 Å². The predicted molar refractivity (Wildman–Crippen MR) is 155 cm³/mol. The quantitative estimate of drug-likeness (QED) is 0.251. The van der Waals surface area contributed by atoms with E-state index < -0.39 is 23.7 Å². The van der Waals surface area contributed by atoms with Crippen LogP contribution >= 0.6 is 0 Å². The van der Waals surface area contributed by atoms with Crippen molar-refractivity contribution in [3.8, 4) is 11.1 Å². The molecule has 1 aliphatic carbocycles. The highest BCUT2D eigenvalue weighted by Crippen LogP contribution is 2.56. The number of hydrogen-bond donors (Lipinski definition) is 0. The number of hydrogen-bond acceptors (Lipinski definition) is 3. The summed E-state index contributed by atoms with van der Waals surface area (Å²) in [5, 5.41) is 2.47. The summed E-state index contributed by atoms with van der Waals surface area (Å²) in [6, 6.07) is 35.1. The van der Waals surface area contributed by atoms with E-state index >= 15 is 0 Å². The molecule has 3 nitrogen and oxygen atoms in total. The van der Waals surface area contributed by atoms with Gasteiger partial charge in [-0.3, -0.25) is 4.98 Å². The van der Waals surface area contributed by atoms with E-state index in [-0.39, 0.29) is 0 Å². The molecule has 1 unspecified atom stereocenters. The number of fused-ring (bicyclic) bond motifs is 4. The van der Waals surface area contributed by atoms with E-state index in [1.807, 2.05) is 18.5 Å². The van der Waals surface area contributed by atoms with E-state index in [1.165, 1.54) is 38.6 Å². The zero-order valence-electron chi connectivity index (χ0n) is 22.2. The average molecular weight is 495 g/mol. The lowest BCUT2D eigenvalue weighted by Gasteiger charge is -2.34. The summed E-state index contributed by atoms with van der Waals surface area (Å²) < 4.78 is 13.0. The van der Waals surface area contributed by atoms with Gasteiger partial charge in [-0.15, -0.1) is 0 Å². The molecule has 2 heterocycles. The van der Waals surface area contributed by atoms with Crippen molar-refractivity contribution in [1.82, 2.24) is 4.98 Å². The Labute approximate surface area is 224 Å². The molecule has 1 aliphatic heterocycles. The van der Waals surface area contributed by atoms with Gasteiger partial charge < -0.3 is 9.31 Å². The molecule has 7 rings (SSSR count). The minimum Gasteiger partial charge on any atom is -0.399 e. The molecule has 0 amide bonds. The molecule has 0 radical (unpaired) electrons. The van der Waals surface area contributed by atoms with Crippen molar-refractivity contribution in [2.75, 3.05) is 0 Å². The summed E-state index contributed by atoms with van der Waals surface area (Å²) >= 11 is 0. The summed E-state index contributed by atoms with van der Waals surface area (Å²) in [5.74, 6) is 0. The summed E-state index contributed by atoms with van der Waals surface area (Å²) in [7, 11) is -0.435. The van der Waals surface area contributed by atoms with Crippen LogP contribution < -0.4 is 5.46 Å². The maximum atomic E-state index is 6.50. The van der Waals surface area contributed by atoms with Crippen LogP contribution in [0.3, 0.4) is 0 Å². The van der Waals surface area contributed by atoms with Crippen molar-refractivity contribution >= 4 is 23.4 Å². The molecule has 1 fully saturated rings. The molecule has 4 heteroatoms. The van der Waals surface area contributed by atoms with Crippen LogP contribution in [0.4, 0.5) is 0 Å². The Morgan fingerprint density at radius 2 is 1.24 bits per heavy atom. The van der Waals surface area contributed by atoms with E-state index in [4.69, 9.17) is 9.31 Å². The zero-order chi connectivity index (χ0) is 26.1. The average Bonchev–Trinajstić information content (AvgIpc) is 3.34. The van der Waals surface area contributed by atoms with Gasteiger partial charge in [0.25, 0.3) is 0 Å². The van der Waals surface area contributed by atoms with Crippen molar-refractivity contribution in [1.29, 1.82) is 0 Å². The highest BCUT2D eigenvalue weighted by atomic mass is 16.7. The summed E-state index contributed by atoms with van der Waals surface area (Å²) in [4.78, 5) is 4.60. The molecule has 2 aliphatic rings. The van der Waals surface area contributed by atoms with Crippen LogP contribution in [-0.2, 0) is 14.7 Å². The number of rotatable bonds is 3. The van der Waals surface area contributed by atoms with Gasteiger partial charge >= 0.3 is 7.12 Å². The van der Waals surface area contributed by atoms with Gasteiger partial charge in [-0.05, 0) is 95.5 Å². The Kier molecular flexibility index (Phi) is 5.01. The highest BCUT2D eigenvalue weighted by molar-refractivity contribution is 6.62. The zero-order valence-corrected chi connectivity index (χ0v) is 22.2. The van der Waals surface area contributed by atoms with E-state index in [0.717, 1.165) is 11.0 Å². The Morgan fingerprint density at radius 3 is 1.92 bits per heavy atom. The second-order valence-electron chi connectivity index (χ2n) is 11.5. The molecule has 4 aromatic carbocycles. The molecule has 1 saturated heterocycles. The third-order valence-electron chi connectivity index (χ3n) is 8.85. The molecule has 0 saturated carbocycles. The first-order valence-electron chi connectivity index (χ1n) is 13.3. The van der Waals surface area contributed by atoms with Crippen LogP contribution in [0.5, 0.6) is 0 Å². The fraction of sp³-hybridized carbons (Fsp3) is 0.206. The van der Waals surface area contributed by atoms with Gasteiger partial charge in [-0.25, -0.2) is 0 Å². The molecule has 0 spiro atoms. The van der Waals surface area contributed by atoms with Gasteiger partial charge in [0.2, 0.25) is 0 Å². The predicted octanol–water partition coefficient (Wildman–Crippen LogP) is 6.90. The number of pyridine rings is 1. The third kappa shape index (κ3) is 3.20. The van der Waals surface area contributed by atoms with Crippen LogP contribution in [0.25, 0.3) is 21.9 Å². The maximum absolute atomic E-state index is 6.50. The van der Waals surface area contributed by atoms with Crippen molar-refractivity contribution in [3.63, 3.8) is 0 Å².